The largest absolute Gasteiger partial charge is 0.298 e. The van der Waals surface area contributed by atoms with Crippen LogP contribution in [-0.2, 0) is 0 Å². The van der Waals surface area contributed by atoms with Crippen LogP contribution in [0.4, 0.5) is 0 Å². The fourth-order valence-corrected chi connectivity index (χ4v) is 1.46. The van der Waals surface area contributed by atoms with E-state index in [4.69, 9.17) is 0 Å². The van der Waals surface area contributed by atoms with Crippen LogP contribution >= 0.6 is 0 Å². The highest BCUT2D eigenvalue weighted by atomic mass is 15.1. The van der Waals surface area contributed by atoms with Crippen molar-refractivity contribution in [3.8, 4) is 0 Å². The Balaban J connectivity index is 2.71. The van der Waals surface area contributed by atoms with Gasteiger partial charge in [-0.15, -0.1) is 0 Å². The molecule has 0 aromatic carbocycles. The molecule has 0 aliphatic carbocycles. The van der Waals surface area contributed by atoms with Crippen molar-refractivity contribution in [3.63, 3.8) is 0 Å². The maximum Gasteiger partial charge on any atom is 0.0237 e. The molecule has 0 unspecified atom stereocenters. The molecule has 1 rings (SSSR count). The number of nitrogens with zero attached hydrogens (tertiary/aromatic N) is 1. The Labute approximate surface area is 75.1 Å². The van der Waals surface area contributed by atoms with E-state index in [-0.39, 0.29) is 0 Å². The highest BCUT2D eigenvalue weighted by Crippen LogP contribution is 2.17. The van der Waals surface area contributed by atoms with Gasteiger partial charge in [-0.25, -0.2) is 0 Å². The standard InChI is InChI=1S/C11H17N/c1-4-6-7-11-9-12(3)8-10(11)5-2/h5-7H,2,4,8-9H2,1,3H3/b7-6-. The minimum Gasteiger partial charge on any atom is -0.298 e. The monoisotopic (exact) mass is 163 g/mol. The van der Waals surface area contributed by atoms with Gasteiger partial charge in [0.1, 0.15) is 0 Å². The van der Waals surface area contributed by atoms with Crippen LogP contribution in [0.2, 0.25) is 0 Å². The van der Waals surface area contributed by atoms with Gasteiger partial charge in [-0.1, -0.05) is 31.7 Å². The summed E-state index contributed by atoms with van der Waals surface area (Å²) in [7, 11) is 2.14. The lowest BCUT2D eigenvalue weighted by Gasteiger charge is -2.04. The Bertz CT molecular complexity index is 223. The van der Waals surface area contributed by atoms with E-state index < -0.39 is 0 Å². The molecule has 12 heavy (non-hydrogen) atoms. The number of rotatable bonds is 3. The summed E-state index contributed by atoms with van der Waals surface area (Å²) >= 11 is 0. The van der Waals surface area contributed by atoms with E-state index in [1.807, 2.05) is 6.08 Å². The number of likely N-dealkylation sites (N-methyl/N-ethyl adjacent to an activating group) is 1. The lowest BCUT2D eigenvalue weighted by molar-refractivity contribution is 0.428. The smallest absolute Gasteiger partial charge is 0.0237 e. The lowest BCUT2D eigenvalue weighted by Crippen LogP contribution is -2.14. The summed E-state index contributed by atoms with van der Waals surface area (Å²) in [5.74, 6) is 0. The maximum absolute atomic E-state index is 3.82. The van der Waals surface area contributed by atoms with Crippen LogP contribution in [0, 0.1) is 0 Å². The van der Waals surface area contributed by atoms with E-state index in [1.165, 1.54) is 11.1 Å². The topological polar surface area (TPSA) is 3.24 Å². The fraction of sp³-hybridized carbons (Fsp3) is 0.455. The maximum atomic E-state index is 3.82. The van der Waals surface area contributed by atoms with Crippen molar-refractivity contribution in [2.45, 2.75) is 13.3 Å². The summed E-state index contributed by atoms with van der Waals surface area (Å²) in [6, 6.07) is 0. The van der Waals surface area contributed by atoms with Crippen molar-refractivity contribution >= 4 is 0 Å². The van der Waals surface area contributed by atoms with E-state index in [2.05, 4.69) is 37.6 Å². The van der Waals surface area contributed by atoms with E-state index in [0.717, 1.165) is 19.5 Å². The third-order valence-corrected chi connectivity index (χ3v) is 2.09. The van der Waals surface area contributed by atoms with E-state index >= 15 is 0 Å². The van der Waals surface area contributed by atoms with Crippen molar-refractivity contribution in [3.05, 3.63) is 36.0 Å². The number of allylic oxidation sites excluding steroid dienone is 1. The summed E-state index contributed by atoms with van der Waals surface area (Å²) in [4.78, 5) is 2.30. The van der Waals surface area contributed by atoms with Crippen molar-refractivity contribution in [2.75, 3.05) is 20.1 Å². The average Bonchev–Trinajstić information content (AvgIpc) is 2.42. The Morgan fingerprint density at radius 1 is 1.42 bits per heavy atom. The second kappa shape index (κ2) is 4.27. The fourth-order valence-electron chi connectivity index (χ4n) is 1.46. The lowest BCUT2D eigenvalue weighted by atomic mass is 10.1. The van der Waals surface area contributed by atoms with Crippen LogP contribution in [0.15, 0.2) is 36.0 Å². The van der Waals surface area contributed by atoms with Crippen molar-refractivity contribution in [1.82, 2.24) is 4.90 Å². The summed E-state index contributed by atoms with van der Waals surface area (Å²) in [5.41, 5.74) is 2.80. The van der Waals surface area contributed by atoms with Gasteiger partial charge in [-0.2, -0.15) is 0 Å². The van der Waals surface area contributed by atoms with Crippen molar-refractivity contribution in [2.24, 2.45) is 0 Å². The zero-order valence-electron chi connectivity index (χ0n) is 8.01. The first-order valence-corrected chi connectivity index (χ1v) is 4.47. The van der Waals surface area contributed by atoms with Gasteiger partial charge in [0.25, 0.3) is 0 Å². The molecule has 1 nitrogen and oxygen atoms in total. The highest BCUT2D eigenvalue weighted by Gasteiger charge is 2.13. The molecule has 0 saturated heterocycles. The molecule has 1 heterocycles. The highest BCUT2D eigenvalue weighted by molar-refractivity contribution is 5.37. The molecule has 1 aliphatic rings. The normalized spacial score (nSPS) is 19.5. The average molecular weight is 163 g/mol. The van der Waals surface area contributed by atoms with Crippen LogP contribution in [0.5, 0.6) is 0 Å². The molecule has 0 aromatic rings. The Morgan fingerprint density at radius 2 is 2.08 bits per heavy atom. The Hall–Kier alpha value is -0.820. The van der Waals surface area contributed by atoms with Crippen LogP contribution in [-0.4, -0.2) is 25.0 Å². The second-order valence-corrected chi connectivity index (χ2v) is 3.24. The Kier molecular flexibility index (Phi) is 3.30. The molecular weight excluding hydrogens is 146 g/mol. The summed E-state index contributed by atoms with van der Waals surface area (Å²) in [6.07, 6.45) is 7.51. The number of hydrogen-bond donors (Lipinski definition) is 0. The zero-order chi connectivity index (χ0) is 8.97. The van der Waals surface area contributed by atoms with Gasteiger partial charge in [-0.3, -0.25) is 4.90 Å². The van der Waals surface area contributed by atoms with Crippen LogP contribution < -0.4 is 0 Å². The van der Waals surface area contributed by atoms with Gasteiger partial charge in [0.2, 0.25) is 0 Å². The molecule has 0 radical (unpaired) electrons. The van der Waals surface area contributed by atoms with Gasteiger partial charge in [0.05, 0.1) is 0 Å². The predicted molar refractivity (Wildman–Crippen MR) is 54.2 cm³/mol. The molecule has 0 fully saturated rings. The van der Waals surface area contributed by atoms with Crippen LogP contribution in [0.3, 0.4) is 0 Å². The summed E-state index contributed by atoms with van der Waals surface area (Å²) in [5, 5.41) is 0. The minimum absolute atomic E-state index is 1.05. The van der Waals surface area contributed by atoms with Crippen LogP contribution in [0.25, 0.3) is 0 Å². The summed E-state index contributed by atoms with van der Waals surface area (Å²) < 4.78 is 0. The first-order chi connectivity index (χ1) is 5.77. The zero-order valence-corrected chi connectivity index (χ0v) is 8.01. The van der Waals surface area contributed by atoms with Crippen molar-refractivity contribution in [1.29, 1.82) is 0 Å². The quantitative estimate of drug-likeness (QED) is 0.617. The molecule has 1 aliphatic heterocycles. The SMILES string of the molecule is C=CC1=C(/C=C\CC)CN(C)C1. The predicted octanol–water partition coefficient (Wildman–Crippen LogP) is 2.38. The molecular formula is C11H17N. The van der Waals surface area contributed by atoms with Gasteiger partial charge in [0.15, 0.2) is 0 Å². The van der Waals surface area contributed by atoms with Crippen LogP contribution in [0.1, 0.15) is 13.3 Å². The molecule has 1 heteroatoms. The van der Waals surface area contributed by atoms with Gasteiger partial charge >= 0.3 is 0 Å². The van der Waals surface area contributed by atoms with Gasteiger partial charge < -0.3 is 0 Å². The molecule has 0 aromatic heterocycles. The third kappa shape index (κ3) is 2.08. The van der Waals surface area contributed by atoms with E-state index in [0.29, 0.717) is 0 Å². The molecule has 0 N–H and O–H groups in total. The molecule has 66 valence electrons. The first kappa shape index (κ1) is 9.27. The number of hydrogen-bond acceptors (Lipinski definition) is 1. The van der Waals surface area contributed by atoms with Gasteiger partial charge in [-0.05, 0) is 24.6 Å². The second-order valence-electron chi connectivity index (χ2n) is 3.24. The van der Waals surface area contributed by atoms with Gasteiger partial charge in [0, 0.05) is 13.1 Å². The first-order valence-electron chi connectivity index (χ1n) is 4.47. The third-order valence-electron chi connectivity index (χ3n) is 2.09. The van der Waals surface area contributed by atoms with E-state index in [1.54, 1.807) is 0 Å². The minimum atomic E-state index is 1.05. The molecule has 0 saturated carbocycles. The molecule has 0 bridgehead atoms. The molecule has 0 amide bonds. The molecule has 0 atom stereocenters. The molecule has 0 spiro atoms. The summed E-state index contributed by atoms with van der Waals surface area (Å²) in [6.45, 7) is 8.09. The van der Waals surface area contributed by atoms with E-state index in [9.17, 15) is 0 Å². The Morgan fingerprint density at radius 3 is 2.67 bits per heavy atom. The van der Waals surface area contributed by atoms with Crippen molar-refractivity contribution < 1.29 is 0 Å².